The maximum absolute atomic E-state index is 12.5. The van der Waals surface area contributed by atoms with Crippen molar-refractivity contribution in [3.63, 3.8) is 0 Å². The molecule has 0 unspecified atom stereocenters. The number of hydrogen-bond donors (Lipinski definition) is 1. The summed E-state index contributed by atoms with van der Waals surface area (Å²) >= 11 is 0. The lowest BCUT2D eigenvalue weighted by Crippen LogP contribution is -2.27. The van der Waals surface area contributed by atoms with E-state index in [9.17, 15) is 8.42 Å². The maximum atomic E-state index is 12.5. The number of benzene rings is 3. The first-order valence-corrected chi connectivity index (χ1v) is 10.8. The summed E-state index contributed by atoms with van der Waals surface area (Å²) in [7, 11) is -1.69. The Bertz CT molecular complexity index is 1080. The summed E-state index contributed by atoms with van der Waals surface area (Å²) in [5.41, 5.74) is 1.75. The van der Waals surface area contributed by atoms with E-state index in [0.717, 1.165) is 11.3 Å². The summed E-state index contributed by atoms with van der Waals surface area (Å²) in [5, 5.41) is 0. The number of nitrogens with zero attached hydrogens (tertiary/aromatic N) is 1. The molecule has 1 N–H and O–H groups in total. The highest BCUT2D eigenvalue weighted by Gasteiger charge is 2.24. The van der Waals surface area contributed by atoms with Crippen molar-refractivity contribution in [2.75, 3.05) is 25.0 Å². The fourth-order valence-corrected chi connectivity index (χ4v) is 4.40. The molecule has 3 aromatic carbocycles. The summed E-state index contributed by atoms with van der Waals surface area (Å²) in [6.45, 7) is 1.47. The number of likely N-dealkylation sites (N-methyl/N-ethyl adjacent to an activating group) is 1. The Morgan fingerprint density at radius 3 is 2.38 bits per heavy atom. The zero-order valence-electron chi connectivity index (χ0n) is 16.0. The van der Waals surface area contributed by atoms with E-state index in [0.29, 0.717) is 36.9 Å². The van der Waals surface area contributed by atoms with Gasteiger partial charge in [-0.05, 0) is 42.0 Å². The molecule has 7 heteroatoms. The third kappa shape index (κ3) is 4.52. The smallest absolute Gasteiger partial charge is 0.242 e. The van der Waals surface area contributed by atoms with Crippen LogP contribution in [0.5, 0.6) is 17.2 Å². The molecule has 0 amide bonds. The van der Waals surface area contributed by atoms with E-state index in [1.807, 2.05) is 54.4 Å². The molecule has 29 heavy (non-hydrogen) atoms. The molecule has 0 bridgehead atoms. The molecule has 0 saturated heterocycles. The minimum Gasteiger partial charge on any atom is -0.489 e. The van der Waals surface area contributed by atoms with Crippen LogP contribution in [0.15, 0.2) is 77.7 Å². The molecule has 4 rings (SSSR count). The summed E-state index contributed by atoms with van der Waals surface area (Å²) in [6.07, 6.45) is 0. The largest absolute Gasteiger partial charge is 0.489 e. The van der Waals surface area contributed by atoms with Crippen LogP contribution in [0.1, 0.15) is 5.56 Å². The predicted molar refractivity (Wildman–Crippen MR) is 112 cm³/mol. The van der Waals surface area contributed by atoms with Gasteiger partial charge in [0.2, 0.25) is 10.0 Å². The maximum Gasteiger partial charge on any atom is 0.242 e. The number of sulfonamides is 1. The van der Waals surface area contributed by atoms with E-state index in [4.69, 9.17) is 9.47 Å². The van der Waals surface area contributed by atoms with Gasteiger partial charge in [-0.3, -0.25) is 0 Å². The lowest BCUT2D eigenvalue weighted by molar-refractivity contribution is 0.306. The van der Waals surface area contributed by atoms with Crippen molar-refractivity contribution in [2.24, 2.45) is 0 Å². The van der Waals surface area contributed by atoms with Crippen LogP contribution in [0.3, 0.4) is 0 Å². The van der Waals surface area contributed by atoms with Crippen LogP contribution < -0.4 is 19.1 Å². The third-order valence-corrected chi connectivity index (χ3v) is 6.17. The minimum atomic E-state index is -3.56. The number of nitrogens with one attached hydrogen (secondary N) is 1. The van der Waals surface area contributed by atoms with Gasteiger partial charge < -0.3 is 14.4 Å². The second-order valence-electron chi connectivity index (χ2n) is 6.80. The average molecular weight is 410 g/mol. The second-order valence-corrected chi connectivity index (χ2v) is 8.53. The van der Waals surface area contributed by atoms with Crippen LogP contribution in [0.25, 0.3) is 0 Å². The number of fused-ring (bicyclic) bond motifs is 1. The Balaban J connectivity index is 1.47. The van der Waals surface area contributed by atoms with Crippen LogP contribution in [-0.4, -0.2) is 28.6 Å². The van der Waals surface area contributed by atoms with Gasteiger partial charge >= 0.3 is 0 Å². The molecule has 0 fully saturated rings. The van der Waals surface area contributed by atoms with Crippen LogP contribution in [0.2, 0.25) is 0 Å². The molecule has 0 spiro atoms. The summed E-state index contributed by atoms with van der Waals surface area (Å²) in [5.74, 6) is 1.79. The Morgan fingerprint density at radius 1 is 0.931 bits per heavy atom. The molecule has 150 valence electrons. The highest BCUT2D eigenvalue weighted by Crippen LogP contribution is 2.32. The van der Waals surface area contributed by atoms with Crippen molar-refractivity contribution >= 4 is 15.7 Å². The van der Waals surface area contributed by atoms with E-state index in [1.165, 1.54) is 0 Å². The van der Waals surface area contributed by atoms with Gasteiger partial charge in [0.05, 0.1) is 5.69 Å². The van der Waals surface area contributed by atoms with Crippen molar-refractivity contribution in [2.45, 2.75) is 11.5 Å². The highest BCUT2D eigenvalue weighted by atomic mass is 32.2. The Kier molecular flexibility index (Phi) is 5.42. The molecule has 1 aliphatic rings. The van der Waals surface area contributed by atoms with Crippen molar-refractivity contribution in [3.05, 3.63) is 78.4 Å². The third-order valence-electron chi connectivity index (χ3n) is 4.68. The van der Waals surface area contributed by atoms with Gasteiger partial charge in [-0.1, -0.05) is 30.3 Å². The molecule has 0 aliphatic carbocycles. The van der Waals surface area contributed by atoms with Crippen molar-refractivity contribution in [3.8, 4) is 17.2 Å². The summed E-state index contributed by atoms with van der Waals surface area (Å²) in [6, 6.07) is 22.3. The first kappa shape index (κ1) is 19.3. The van der Waals surface area contributed by atoms with E-state index in [1.54, 1.807) is 30.3 Å². The summed E-state index contributed by atoms with van der Waals surface area (Å²) < 4.78 is 39.2. The van der Waals surface area contributed by atoms with Crippen LogP contribution in [-0.2, 0) is 16.6 Å². The summed E-state index contributed by atoms with van der Waals surface area (Å²) in [4.78, 5) is 2.13. The minimum absolute atomic E-state index is 0.220. The van der Waals surface area contributed by atoms with Gasteiger partial charge in [0.15, 0.2) is 0 Å². The number of hydrogen-bond acceptors (Lipinski definition) is 5. The number of rotatable bonds is 5. The standard InChI is InChI=1S/C22H22N2O4S/c1-24-14-13-23-29(25,26)22-15-20(11-12-21(22)24)28-19-9-7-18(8-10-19)27-16-17-5-3-2-4-6-17/h2-12,15,23H,13-14,16H2,1H3. The SMILES string of the molecule is CN1CCNS(=O)(=O)c2cc(Oc3ccc(OCc4ccccc4)cc3)ccc21. The van der Waals surface area contributed by atoms with E-state index in [2.05, 4.69) is 4.72 Å². The average Bonchev–Trinajstić information content (AvgIpc) is 2.84. The van der Waals surface area contributed by atoms with E-state index in [-0.39, 0.29) is 4.90 Å². The van der Waals surface area contributed by atoms with E-state index < -0.39 is 10.0 Å². The van der Waals surface area contributed by atoms with Crippen LogP contribution >= 0.6 is 0 Å². The Labute approximate surface area is 170 Å². The topological polar surface area (TPSA) is 67.9 Å². The first-order valence-electron chi connectivity index (χ1n) is 9.31. The lowest BCUT2D eigenvalue weighted by atomic mass is 10.2. The number of anilines is 1. The second kappa shape index (κ2) is 8.14. The van der Waals surface area contributed by atoms with Crippen molar-refractivity contribution < 1.29 is 17.9 Å². The fraction of sp³-hybridized carbons (Fsp3) is 0.182. The predicted octanol–water partition coefficient (Wildman–Crippen LogP) is 3.79. The van der Waals surface area contributed by atoms with Gasteiger partial charge in [0.1, 0.15) is 28.8 Å². The molecule has 1 heterocycles. The zero-order valence-corrected chi connectivity index (χ0v) is 16.9. The Morgan fingerprint density at radius 2 is 1.62 bits per heavy atom. The van der Waals surface area contributed by atoms with Gasteiger partial charge in [-0.15, -0.1) is 0 Å². The molecule has 3 aromatic rings. The Hall–Kier alpha value is -3.03. The van der Waals surface area contributed by atoms with E-state index >= 15 is 0 Å². The van der Waals surface area contributed by atoms with Crippen LogP contribution in [0.4, 0.5) is 5.69 Å². The fourth-order valence-electron chi connectivity index (χ4n) is 3.12. The van der Waals surface area contributed by atoms with Crippen molar-refractivity contribution in [1.82, 2.24) is 4.72 Å². The molecule has 1 aliphatic heterocycles. The molecule has 6 nitrogen and oxygen atoms in total. The zero-order chi connectivity index (χ0) is 20.3. The van der Waals surface area contributed by atoms with Gasteiger partial charge in [0.25, 0.3) is 0 Å². The van der Waals surface area contributed by atoms with Crippen molar-refractivity contribution in [1.29, 1.82) is 0 Å². The molecular weight excluding hydrogens is 388 g/mol. The molecule has 0 saturated carbocycles. The molecular formula is C22H22N2O4S. The lowest BCUT2D eigenvalue weighted by Gasteiger charge is -2.18. The monoisotopic (exact) mass is 410 g/mol. The molecule has 0 aromatic heterocycles. The quantitative estimate of drug-likeness (QED) is 0.693. The highest BCUT2D eigenvalue weighted by molar-refractivity contribution is 7.89. The van der Waals surface area contributed by atoms with Crippen LogP contribution in [0, 0.1) is 0 Å². The normalized spacial score (nSPS) is 15.3. The van der Waals surface area contributed by atoms with Gasteiger partial charge in [-0.2, -0.15) is 0 Å². The molecule has 0 atom stereocenters. The van der Waals surface area contributed by atoms with Gasteiger partial charge in [0, 0.05) is 26.2 Å². The van der Waals surface area contributed by atoms with Gasteiger partial charge in [-0.25, -0.2) is 13.1 Å². The number of ether oxygens (including phenoxy) is 2. The molecule has 0 radical (unpaired) electrons. The first-order chi connectivity index (χ1) is 14.0.